The lowest BCUT2D eigenvalue weighted by Gasteiger charge is -2.38. The number of nitrogens with one attached hydrogen (secondary N) is 1. The zero-order valence-corrected chi connectivity index (χ0v) is 30.0. The fraction of sp³-hybridized carbons (Fsp3) is 0.231. The van der Waals surface area contributed by atoms with Crippen LogP contribution in [0.4, 0.5) is 10.1 Å². The van der Waals surface area contributed by atoms with E-state index in [1.807, 2.05) is 54.6 Å². The van der Waals surface area contributed by atoms with Crippen LogP contribution in [0, 0.1) is 19.3 Å². The van der Waals surface area contributed by atoms with Crippen LogP contribution in [0.15, 0.2) is 77.3 Å². The van der Waals surface area contributed by atoms with Gasteiger partial charge < -0.3 is 14.6 Å². The van der Waals surface area contributed by atoms with E-state index in [9.17, 15) is 13.2 Å². The molecule has 1 aliphatic heterocycles. The van der Waals surface area contributed by atoms with Crippen LogP contribution >= 0.6 is 0 Å². The minimum Gasteiger partial charge on any atom is -0.455 e. The molecular weight excluding hydrogens is 682 g/mol. The van der Waals surface area contributed by atoms with E-state index in [0.717, 1.165) is 16.1 Å². The van der Waals surface area contributed by atoms with E-state index in [1.165, 1.54) is 13.1 Å². The van der Waals surface area contributed by atoms with Crippen LogP contribution in [-0.2, 0) is 16.6 Å². The average Bonchev–Trinajstić information content (AvgIpc) is 3.69. The Balaban J connectivity index is 1.38. The summed E-state index contributed by atoms with van der Waals surface area (Å²) >= 11 is 0. The summed E-state index contributed by atoms with van der Waals surface area (Å²) in [5, 5.41) is 4.30. The first-order valence-corrected chi connectivity index (χ1v) is 18.5. The Morgan fingerprint density at radius 3 is 2.52 bits per heavy atom. The third-order valence-electron chi connectivity index (χ3n) is 9.91. The van der Waals surface area contributed by atoms with Gasteiger partial charge in [0.15, 0.2) is 0 Å². The molecule has 8 rings (SSSR count). The number of aromatic nitrogens is 3. The van der Waals surface area contributed by atoms with E-state index < -0.39 is 15.6 Å². The van der Waals surface area contributed by atoms with E-state index in [-0.39, 0.29) is 11.7 Å². The smallest absolute Gasteiger partial charge is 0.255 e. The van der Waals surface area contributed by atoms with Crippen LogP contribution in [0.2, 0.25) is 0 Å². The zero-order chi connectivity index (χ0) is 36.7. The number of amides is 1. The quantitative estimate of drug-likeness (QED) is 0.180. The Morgan fingerprint density at radius 2 is 1.83 bits per heavy atom. The number of sulfonamides is 1. The standard InChI is InChI=1S/C39H34FN7O4S/c1-22-10-12-23(13-11-22)37-36(38(48)41-3)27-14-25(32(17-34(27)51-37)45(5)52(6,49)50)29-15-26-30(18-43-29)44-35(19-46-20-39(2,21-46)42-4)47-31-9-7-8-28(40)24(31)16-33(26)47/h7-18H,19-21H2,1-3,5-6H3,(H,41,48). The lowest BCUT2D eigenvalue weighted by atomic mass is 9.93. The molecule has 0 aliphatic carbocycles. The van der Waals surface area contributed by atoms with Crippen molar-refractivity contribution >= 4 is 59.9 Å². The van der Waals surface area contributed by atoms with Crippen molar-refractivity contribution in [2.75, 3.05) is 37.7 Å². The lowest BCUT2D eigenvalue weighted by molar-refractivity contribution is 0.0964. The van der Waals surface area contributed by atoms with Crippen LogP contribution in [0.5, 0.6) is 0 Å². The topological polar surface area (TPSA) is 117 Å². The summed E-state index contributed by atoms with van der Waals surface area (Å²) < 4.78 is 50.7. The molecule has 1 fully saturated rings. The molecule has 262 valence electrons. The lowest BCUT2D eigenvalue weighted by Crippen LogP contribution is -2.57. The second-order valence-corrected chi connectivity index (χ2v) is 15.8. The second-order valence-electron chi connectivity index (χ2n) is 13.8. The monoisotopic (exact) mass is 715 g/mol. The van der Waals surface area contributed by atoms with Crippen molar-refractivity contribution in [3.05, 3.63) is 107 Å². The van der Waals surface area contributed by atoms with Crippen LogP contribution < -0.4 is 9.62 Å². The van der Waals surface area contributed by atoms with Gasteiger partial charge in [-0.3, -0.25) is 23.4 Å². The van der Waals surface area contributed by atoms with Gasteiger partial charge in [-0.05, 0) is 37.3 Å². The first-order valence-electron chi connectivity index (χ1n) is 16.6. The Labute approximate surface area is 299 Å². The molecule has 0 unspecified atom stereocenters. The number of halogens is 1. The summed E-state index contributed by atoms with van der Waals surface area (Å²) in [4.78, 5) is 29.2. The maximum atomic E-state index is 15.3. The van der Waals surface area contributed by atoms with Crippen molar-refractivity contribution < 1.29 is 22.0 Å². The molecule has 0 saturated carbocycles. The van der Waals surface area contributed by atoms with Gasteiger partial charge >= 0.3 is 0 Å². The second kappa shape index (κ2) is 11.9. The maximum absolute atomic E-state index is 15.3. The fourth-order valence-corrected chi connectivity index (χ4v) is 7.70. The SMILES string of the molecule is [C-]#[N+]C1(C)CN(Cc2nc3cnc(-c4cc5c(C(=O)NC)c(-c6ccc(C)cc6)oc5cc4N(C)S(C)(=O)=O)cc3c3cc4c(F)cccc4n23)C1. The summed E-state index contributed by atoms with van der Waals surface area (Å²) in [6.45, 7) is 13.1. The molecule has 11 nitrogen and oxygen atoms in total. The zero-order valence-electron chi connectivity index (χ0n) is 29.2. The van der Waals surface area contributed by atoms with Crippen molar-refractivity contribution in [3.8, 4) is 22.6 Å². The number of aryl methyl sites for hydroxylation is 1. The number of carbonyl (C=O) groups is 1. The van der Waals surface area contributed by atoms with E-state index in [4.69, 9.17) is 21.0 Å². The number of carbonyl (C=O) groups excluding carboxylic acids is 1. The predicted octanol–water partition coefficient (Wildman–Crippen LogP) is 6.81. The highest BCUT2D eigenvalue weighted by molar-refractivity contribution is 7.92. The van der Waals surface area contributed by atoms with Gasteiger partial charge in [0, 0.05) is 54.4 Å². The Hall–Kier alpha value is -5.84. The van der Waals surface area contributed by atoms with E-state index >= 15 is 4.39 Å². The summed E-state index contributed by atoms with van der Waals surface area (Å²) in [5.41, 5.74) is 4.99. The summed E-state index contributed by atoms with van der Waals surface area (Å²) in [6, 6.07) is 19.5. The van der Waals surface area contributed by atoms with Gasteiger partial charge in [0.05, 0.1) is 65.6 Å². The highest BCUT2D eigenvalue weighted by atomic mass is 32.2. The minimum absolute atomic E-state index is 0.294. The number of nitrogens with zero attached hydrogens (tertiary/aromatic N) is 6. The summed E-state index contributed by atoms with van der Waals surface area (Å²) in [5.74, 6) is 0.300. The number of benzene rings is 3. The molecule has 4 aromatic heterocycles. The Kier molecular flexibility index (Phi) is 7.60. The normalized spacial score (nSPS) is 14.6. The largest absolute Gasteiger partial charge is 0.455 e. The molecule has 0 bridgehead atoms. The average molecular weight is 716 g/mol. The van der Waals surface area contributed by atoms with E-state index in [0.29, 0.717) is 97.6 Å². The number of hydrogen-bond acceptors (Lipinski definition) is 7. The molecule has 1 saturated heterocycles. The van der Waals surface area contributed by atoms with E-state index in [2.05, 4.69) is 15.1 Å². The molecule has 7 aromatic rings. The molecule has 0 radical (unpaired) electrons. The van der Waals surface area contributed by atoms with Crippen molar-refractivity contribution in [2.24, 2.45) is 0 Å². The highest BCUT2D eigenvalue weighted by Gasteiger charge is 2.45. The number of furan rings is 1. The first-order chi connectivity index (χ1) is 24.8. The summed E-state index contributed by atoms with van der Waals surface area (Å²) in [7, 11) is -0.763. The molecule has 52 heavy (non-hydrogen) atoms. The molecule has 0 spiro atoms. The van der Waals surface area contributed by atoms with Gasteiger partial charge in [-0.2, -0.15) is 0 Å². The number of pyridine rings is 1. The number of fused-ring (bicyclic) bond motifs is 6. The van der Waals surface area contributed by atoms with Gasteiger partial charge in [-0.1, -0.05) is 35.9 Å². The fourth-order valence-electron chi connectivity index (χ4n) is 7.19. The van der Waals surface area contributed by atoms with Crippen LogP contribution in [-0.4, -0.2) is 72.6 Å². The van der Waals surface area contributed by atoms with Gasteiger partial charge in [-0.25, -0.2) is 24.4 Å². The molecule has 1 amide bonds. The molecule has 0 atom stereocenters. The highest BCUT2D eigenvalue weighted by Crippen LogP contribution is 2.42. The van der Waals surface area contributed by atoms with Crippen LogP contribution in [0.1, 0.15) is 28.7 Å². The molecule has 13 heteroatoms. The molecular formula is C39H34FN7O4S. The van der Waals surface area contributed by atoms with Crippen LogP contribution in [0.25, 0.3) is 65.7 Å². The minimum atomic E-state index is -3.76. The number of hydrogen-bond donors (Lipinski definition) is 1. The third kappa shape index (κ3) is 5.34. The van der Waals surface area contributed by atoms with E-state index in [1.54, 1.807) is 37.5 Å². The van der Waals surface area contributed by atoms with Gasteiger partial charge in [-0.15, -0.1) is 0 Å². The Morgan fingerprint density at radius 1 is 1.08 bits per heavy atom. The van der Waals surface area contributed by atoms with Crippen molar-refractivity contribution in [3.63, 3.8) is 0 Å². The van der Waals surface area contributed by atoms with Gasteiger partial charge in [0.2, 0.25) is 10.0 Å². The molecule has 1 N–H and O–H groups in total. The van der Waals surface area contributed by atoms with Crippen molar-refractivity contribution in [2.45, 2.75) is 25.9 Å². The van der Waals surface area contributed by atoms with Crippen LogP contribution in [0.3, 0.4) is 0 Å². The number of rotatable bonds is 7. The van der Waals surface area contributed by atoms with Crippen molar-refractivity contribution in [1.29, 1.82) is 0 Å². The molecule has 3 aromatic carbocycles. The predicted molar refractivity (Wildman–Crippen MR) is 200 cm³/mol. The molecule has 1 aliphatic rings. The maximum Gasteiger partial charge on any atom is 0.255 e. The Bertz CT molecular complexity index is 2780. The number of anilines is 1. The molecule has 5 heterocycles. The third-order valence-corrected chi connectivity index (χ3v) is 11.1. The number of likely N-dealkylation sites (tertiary alicyclic amines) is 1. The van der Waals surface area contributed by atoms with Crippen molar-refractivity contribution in [1.82, 2.24) is 24.6 Å². The summed E-state index contributed by atoms with van der Waals surface area (Å²) in [6.07, 6.45) is 2.74. The van der Waals surface area contributed by atoms with Gasteiger partial charge in [0.1, 0.15) is 23.0 Å². The van der Waals surface area contributed by atoms with Gasteiger partial charge in [0.25, 0.3) is 11.4 Å². The first kappa shape index (κ1) is 33.3.